The Kier molecular flexibility index (Phi) is 8.96. The molecule has 2 aromatic rings. The van der Waals surface area contributed by atoms with E-state index < -0.39 is 6.10 Å². The average molecular weight is 416 g/mol. The van der Waals surface area contributed by atoms with Gasteiger partial charge in [0.2, 0.25) is 5.91 Å². The number of hydrogen-bond acceptors (Lipinski definition) is 6. The van der Waals surface area contributed by atoms with Gasteiger partial charge >= 0.3 is 0 Å². The molecule has 2 N–H and O–H groups in total. The van der Waals surface area contributed by atoms with Crippen molar-refractivity contribution in [3.63, 3.8) is 0 Å². The van der Waals surface area contributed by atoms with Crippen LogP contribution in [0, 0.1) is 6.92 Å². The second kappa shape index (κ2) is 11.7. The molecule has 0 heterocycles. The lowest BCUT2D eigenvalue weighted by molar-refractivity contribution is -0.146. The molecule has 0 fully saturated rings. The van der Waals surface area contributed by atoms with Crippen LogP contribution in [-0.4, -0.2) is 45.3 Å². The normalized spacial score (nSPS) is 11.3. The molecule has 8 heteroatoms. The molecule has 162 valence electrons. The molecule has 0 aliphatic rings. The van der Waals surface area contributed by atoms with Crippen molar-refractivity contribution in [2.24, 2.45) is 0 Å². The first-order chi connectivity index (χ1) is 14.4. The minimum absolute atomic E-state index is 0.0685. The molecule has 1 unspecified atom stereocenters. The van der Waals surface area contributed by atoms with E-state index in [2.05, 4.69) is 10.8 Å². The minimum atomic E-state index is -0.849. The van der Waals surface area contributed by atoms with Crippen molar-refractivity contribution in [2.45, 2.75) is 26.4 Å². The Morgan fingerprint density at radius 2 is 1.80 bits per heavy atom. The Labute approximate surface area is 176 Å². The molecule has 1 atom stereocenters. The number of ether oxygens (including phenoxy) is 3. The predicted molar refractivity (Wildman–Crippen MR) is 112 cm³/mol. The van der Waals surface area contributed by atoms with Crippen molar-refractivity contribution >= 4 is 11.8 Å². The molecule has 0 bridgehead atoms. The van der Waals surface area contributed by atoms with E-state index in [0.29, 0.717) is 24.7 Å². The number of aryl methyl sites for hydroxylation is 1. The Balaban J connectivity index is 1.69. The van der Waals surface area contributed by atoms with E-state index in [1.165, 1.54) is 7.11 Å². The second-order valence-electron chi connectivity index (χ2n) is 6.61. The molecule has 0 saturated heterocycles. The van der Waals surface area contributed by atoms with Crippen LogP contribution in [-0.2, 0) is 20.8 Å². The lowest BCUT2D eigenvalue weighted by atomic mass is 10.1. The van der Waals surface area contributed by atoms with Gasteiger partial charge in [-0.25, -0.2) is 5.48 Å². The molecule has 2 rings (SSSR count). The summed E-state index contributed by atoms with van der Waals surface area (Å²) >= 11 is 0. The fourth-order valence-electron chi connectivity index (χ4n) is 2.61. The molecule has 0 spiro atoms. The van der Waals surface area contributed by atoms with Gasteiger partial charge in [-0.1, -0.05) is 18.2 Å². The summed E-state index contributed by atoms with van der Waals surface area (Å²) < 4.78 is 16.0. The highest BCUT2D eigenvalue weighted by atomic mass is 16.7. The number of hydroxylamine groups is 1. The van der Waals surface area contributed by atoms with Gasteiger partial charge < -0.3 is 19.5 Å². The van der Waals surface area contributed by atoms with E-state index in [1.807, 2.05) is 31.2 Å². The van der Waals surface area contributed by atoms with Crippen LogP contribution in [0.4, 0.5) is 0 Å². The van der Waals surface area contributed by atoms with Crippen LogP contribution >= 0.6 is 0 Å². The third-order valence-electron chi connectivity index (χ3n) is 4.19. The van der Waals surface area contributed by atoms with Crippen molar-refractivity contribution in [3.05, 3.63) is 53.6 Å². The molecule has 2 amide bonds. The molecule has 8 nitrogen and oxygen atoms in total. The van der Waals surface area contributed by atoms with Crippen molar-refractivity contribution in [2.75, 3.05) is 27.4 Å². The summed E-state index contributed by atoms with van der Waals surface area (Å²) in [6, 6.07) is 12.8. The van der Waals surface area contributed by atoms with Crippen LogP contribution in [0.25, 0.3) is 0 Å². The maximum atomic E-state index is 12.1. The SMILES string of the molecule is COc1ccc(CC(=O)NOC(C)C(=O)NCCOc2cccc(C)c2)cc1OC. The number of carbonyl (C=O) groups excluding carboxylic acids is 2. The zero-order valence-corrected chi connectivity index (χ0v) is 17.7. The van der Waals surface area contributed by atoms with E-state index in [1.54, 1.807) is 32.2 Å². The molecule has 0 aliphatic heterocycles. The number of methoxy groups -OCH3 is 2. The smallest absolute Gasteiger partial charge is 0.251 e. The molecule has 0 aromatic heterocycles. The maximum Gasteiger partial charge on any atom is 0.251 e. The van der Waals surface area contributed by atoms with Gasteiger partial charge in [0.15, 0.2) is 17.6 Å². The Bertz CT molecular complexity index is 855. The van der Waals surface area contributed by atoms with Crippen LogP contribution in [0.15, 0.2) is 42.5 Å². The predicted octanol–water partition coefficient (Wildman–Crippen LogP) is 2.19. The summed E-state index contributed by atoms with van der Waals surface area (Å²) in [5.41, 5.74) is 4.12. The third kappa shape index (κ3) is 7.29. The average Bonchev–Trinajstić information content (AvgIpc) is 2.74. The number of amides is 2. The summed E-state index contributed by atoms with van der Waals surface area (Å²) in [4.78, 5) is 29.3. The van der Waals surface area contributed by atoms with Gasteiger partial charge in [-0.2, -0.15) is 0 Å². The largest absolute Gasteiger partial charge is 0.493 e. The van der Waals surface area contributed by atoms with Gasteiger partial charge in [0, 0.05) is 0 Å². The van der Waals surface area contributed by atoms with E-state index in [9.17, 15) is 9.59 Å². The first-order valence-electron chi connectivity index (χ1n) is 9.55. The zero-order valence-electron chi connectivity index (χ0n) is 17.7. The van der Waals surface area contributed by atoms with Gasteiger partial charge in [0.25, 0.3) is 5.91 Å². The van der Waals surface area contributed by atoms with Crippen LogP contribution in [0.3, 0.4) is 0 Å². The van der Waals surface area contributed by atoms with E-state index >= 15 is 0 Å². The van der Waals surface area contributed by atoms with Crippen LogP contribution in [0.5, 0.6) is 17.2 Å². The topological polar surface area (TPSA) is 95.1 Å². The highest BCUT2D eigenvalue weighted by molar-refractivity contribution is 5.81. The van der Waals surface area contributed by atoms with E-state index in [-0.39, 0.29) is 18.2 Å². The highest BCUT2D eigenvalue weighted by Gasteiger charge is 2.15. The van der Waals surface area contributed by atoms with E-state index in [0.717, 1.165) is 16.9 Å². The number of rotatable bonds is 11. The van der Waals surface area contributed by atoms with Gasteiger partial charge in [-0.3, -0.25) is 14.4 Å². The van der Waals surface area contributed by atoms with E-state index in [4.69, 9.17) is 19.0 Å². The molecule has 0 aliphatic carbocycles. The van der Waals surface area contributed by atoms with Crippen LogP contribution < -0.4 is 25.0 Å². The zero-order chi connectivity index (χ0) is 21.9. The van der Waals surface area contributed by atoms with Crippen molar-refractivity contribution in [1.29, 1.82) is 0 Å². The maximum absolute atomic E-state index is 12.1. The Hall–Kier alpha value is -3.26. The second-order valence-corrected chi connectivity index (χ2v) is 6.61. The Morgan fingerprint density at radius 3 is 2.50 bits per heavy atom. The van der Waals surface area contributed by atoms with Gasteiger partial charge in [0.05, 0.1) is 27.2 Å². The monoisotopic (exact) mass is 416 g/mol. The first-order valence-corrected chi connectivity index (χ1v) is 9.55. The van der Waals surface area contributed by atoms with Gasteiger partial charge in [-0.05, 0) is 49.2 Å². The summed E-state index contributed by atoms with van der Waals surface area (Å²) in [5, 5.41) is 2.70. The number of benzene rings is 2. The standard InChI is InChI=1S/C22H28N2O6/c1-15-6-5-7-18(12-15)29-11-10-23-22(26)16(2)30-24-21(25)14-17-8-9-19(27-3)20(13-17)28-4/h5-9,12-13,16H,10-11,14H2,1-4H3,(H,23,26)(H,24,25). The van der Waals surface area contributed by atoms with Crippen molar-refractivity contribution in [3.8, 4) is 17.2 Å². The third-order valence-corrected chi connectivity index (χ3v) is 4.19. The summed E-state index contributed by atoms with van der Waals surface area (Å²) in [6.07, 6.45) is -0.780. The summed E-state index contributed by atoms with van der Waals surface area (Å²) in [5.74, 6) is 1.12. The summed E-state index contributed by atoms with van der Waals surface area (Å²) in [7, 11) is 3.07. The molecular formula is C22H28N2O6. The first kappa shape index (κ1) is 23.0. The molecule has 0 radical (unpaired) electrons. The number of carbonyl (C=O) groups is 2. The summed E-state index contributed by atoms with van der Waals surface area (Å²) in [6.45, 7) is 4.17. The highest BCUT2D eigenvalue weighted by Crippen LogP contribution is 2.27. The molecular weight excluding hydrogens is 388 g/mol. The Morgan fingerprint density at radius 1 is 1.03 bits per heavy atom. The van der Waals surface area contributed by atoms with Gasteiger partial charge in [0.1, 0.15) is 12.4 Å². The molecule has 2 aromatic carbocycles. The van der Waals surface area contributed by atoms with Crippen LogP contribution in [0.2, 0.25) is 0 Å². The quantitative estimate of drug-likeness (QED) is 0.431. The fourth-order valence-corrected chi connectivity index (χ4v) is 2.61. The fraction of sp³-hybridized carbons (Fsp3) is 0.364. The van der Waals surface area contributed by atoms with Gasteiger partial charge in [-0.15, -0.1) is 0 Å². The van der Waals surface area contributed by atoms with Crippen LogP contribution in [0.1, 0.15) is 18.1 Å². The molecule has 30 heavy (non-hydrogen) atoms. The lowest BCUT2D eigenvalue weighted by Gasteiger charge is -2.14. The number of hydrogen-bond donors (Lipinski definition) is 2. The number of nitrogens with one attached hydrogen (secondary N) is 2. The minimum Gasteiger partial charge on any atom is -0.493 e. The molecule has 0 saturated carbocycles. The van der Waals surface area contributed by atoms with Crippen molar-refractivity contribution in [1.82, 2.24) is 10.8 Å². The lowest BCUT2D eigenvalue weighted by Crippen LogP contribution is -2.41. The van der Waals surface area contributed by atoms with Crippen molar-refractivity contribution < 1.29 is 28.6 Å².